The van der Waals surface area contributed by atoms with Gasteiger partial charge in [-0.15, -0.1) is 0 Å². The van der Waals surface area contributed by atoms with Crippen LogP contribution in [0.5, 0.6) is 0 Å². The van der Waals surface area contributed by atoms with Crippen LogP contribution < -0.4 is 5.46 Å². The summed E-state index contributed by atoms with van der Waals surface area (Å²) in [5.41, 5.74) is 3.54. The van der Waals surface area contributed by atoms with E-state index in [2.05, 4.69) is 19.1 Å². The highest BCUT2D eigenvalue weighted by atomic mass is 16.7. The van der Waals surface area contributed by atoms with Gasteiger partial charge in [0.1, 0.15) is 0 Å². The number of hydrogen-bond acceptors (Lipinski definition) is 4. The quantitative estimate of drug-likeness (QED) is 0.632. The second-order valence-corrected chi connectivity index (χ2v) is 7.17. The van der Waals surface area contributed by atoms with E-state index in [9.17, 15) is 4.79 Å². The van der Waals surface area contributed by atoms with Gasteiger partial charge < -0.3 is 14.0 Å². The van der Waals surface area contributed by atoms with Crippen LogP contribution in [0.1, 0.15) is 51.3 Å². The number of carbonyl (C=O) groups excluding carboxylic acids is 1. The molecule has 23 heavy (non-hydrogen) atoms. The van der Waals surface area contributed by atoms with Gasteiger partial charge in [0.05, 0.1) is 24.7 Å². The molecule has 1 heterocycles. The number of hydrogen-bond donors (Lipinski definition) is 0. The third kappa shape index (κ3) is 3.46. The lowest BCUT2D eigenvalue weighted by Crippen LogP contribution is -2.41. The number of methoxy groups -OCH3 is 1. The van der Waals surface area contributed by atoms with E-state index >= 15 is 0 Å². The Morgan fingerprint density at radius 1 is 1.17 bits per heavy atom. The summed E-state index contributed by atoms with van der Waals surface area (Å²) in [4.78, 5) is 11.6. The fourth-order valence-corrected chi connectivity index (χ4v) is 2.82. The molecule has 5 heteroatoms. The van der Waals surface area contributed by atoms with Crippen molar-refractivity contribution in [2.24, 2.45) is 0 Å². The minimum Gasteiger partial charge on any atom is -0.469 e. The topological polar surface area (TPSA) is 44.8 Å². The largest absolute Gasteiger partial charge is 0.494 e. The van der Waals surface area contributed by atoms with E-state index in [1.165, 1.54) is 7.11 Å². The first-order chi connectivity index (χ1) is 10.6. The fraction of sp³-hybridized carbons (Fsp3) is 0.611. The maximum Gasteiger partial charge on any atom is 0.494 e. The number of ether oxygens (including phenoxy) is 1. The molecule has 0 bridgehead atoms. The third-order valence-corrected chi connectivity index (χ3v) is 5.04. The minimum absolute atomic E-state index is 0.216. The molecule has 2 rings (SSSR count). The average molecular weight is 318 g/mol. The van der Waals surface area contributed by atoms with Crippen molar-refractivity contribution in [3.05, 3.63) is 28.8 Å². The molecule has 1 aromatic carbocycles. The third-order valence-electron chi connectivity index (χ3n) is 5.04. The van der Waals surface area contributed by atoms with Crippen molar-refractivity contribution in [3.8, 4) is 0 Å². The lowest BCUT2D eigenvalue weighted by atomic mass is 9.76. The van der Waals surface area contributed by atoms with Gasteiger partial charge in [0.2, 0.25) is 0 Å². The first-order valence-corrected chi connectivity index (χ1v) is 8.16. The monoisotopic (exact) mass is 318 g/mol. The highest BCUT2D eigenvalue weighted by Crippen LogP contribution is 2.36. The summed E-state index contributed by atoms with van der Waals surface area (Å²) in [7, 11) is 1.04. The van der Waals surface area contributed by atoms with Crippen LogP contribution in [0, 0.1) is 6.92 Å². The molecule has 1 saturated heterocycles. The Balaban J connectivity index is 2.36. The van der Waals surface area contributed by atoms with Crippen molar-refractivity contribution >= 4 is 18.6 Å². The standard InChI is InChI=1S/C18H27BO4/c1-8-13-10-14(9-12(2)15(13)11-16(20)21-7)19-22-17(3,4)18(5,6)23-19/h9-10H,8,11H2,1-7H3. The van der Waals surface area contributed by atoms with Crippen LogP contribution in [0.15, 0.2) is 12.1 Å². The highest BCUT2D eigenvalue weighted by molar-refractivity contribution is 6.62. The Labute approximate surface area is 139 Å². The van der Waals surface area contributed by atoms with Gasteiger partial charge in [-0.05, 0) is 63.2 Å². The summed E-state index contributed by atoms with van der Waals surface area (Å²) >= 11 is 0. The molecule has 0 aromatic heterocycles. The van der Waals surface area contributed by atoms with E-state index in [4.69, 9.17) is 14.0 Å². The molecular formula is C18H27BO4. The number of aryl methyl sites for hydroxylation is 2. The Hall–Kier alpha value is -1.33. The van der Waals surface area contributed by atoms with Gasteiger partial charge in [0.25, 0.3) is 0 Å². The smallest absolute Gasteiger partial charge is 0.469 e. The molecular weight excluding hydrogens is 291 g/mol. The fourth-order valence-electron chi connectivity index (χ4n) is 2.82. The van der Waals surface area contributed by atoms with Crippen molar-refractivity contribution in [1.29, 1.82) is 0 Å². The van der Waals surface area contributed by atoms with Gasteiger partial charge >= 0.3 is 13.1 Å². The normalized spacial score (nSPS) is 19.0. The molecule has 1 aromatic rings. The van der Waals surface area contributed by atoms with Crippen molar-refractivity contribution in [3.63, 3.8) is 0 Å². The molecule has 0 amide bonds. The van der Waals surface area contributed by atoms with Gasteiger partial charge in [0.15, 0.2) is 0 Å². The lowest BCUT2D eigenvalue weighted by molar-refractivity contribution is -0.139. The number of benzene rings is 1. The van der Waals surface area contributed by atoms with Crippen molar-refractivity contribution < 1.29 is 18.8 Å². The van der Waals surface area contributed by atoms with Crippen molar-refractivity contribution in [1.82, 2.24) is 0 Å². The van der Waals surface area contributed by atoms with Crippen LogP contribution in [0.2, 0.25) is 0 Å². The van der Waals surface area contributed by atoms with E-state index in [1.54, 1.807) is 0 Å². The lowest BCUT2D eigenvalue weighted by Gasteiger charge is -2.32. The van der Waals surface area contributed by atoms with E-state index in [1.807, 2.05) is 34.6 Å². The number of esters is 1. The first kappa shape index (κ1) is 18.0. The maximum atomic E-state index is 11.6. The van der Waals surface area contributed by atoms with Crippen LogP contribution in [0.4, 0.5) is 0 Å². The summed E-state index contributed by atoms with van der Waals surface area (Å²) in [6, 6.07) is 4.15. The van der Waals surface area contributed by atoms with E-state index in [0.717, 1.165) is 28.6 Å². The second-order valence-electron chi connectivity index (χ2n) is 7.17. The van der Waals surface area contributed by atoms with Gasteiger partial charge in [0, 0.05) is 0 Å². The zero-order chi connectivity index (χ0) is 17.4. The Kier molecular flexibility index (Phi) is 4.93. The van der Waals surface area contributed by atoms with Crippen LogP contribution in [0.3, 0.4) is 0 Å². The molecule has 126 valence electrons. The molecule has 0 unspecified atom stereocenters. The molecule has 0 aliphatic carbocycles. The Morgan fingerprint density at radius 2 is 1.74 bits per heavy atom. The molecule has 0 atom stereocenters. The van der Waals surface area contributed by atoms with Crippen molar-refractivity contribution in [2.45, 2.75) is 65.6 Å². The van der Waals surface area contributed by atoms with Crippen molar-refractivity contribution in [2.75, 3.05) is 7.11 Å². The first-order valence-electron chi connectivity index (χ1n) is 8.16. The Morgan fingerprint density at radius 3 is 2.22 bits per heavy atom. The molecule has 1 aliphatic rings. The predicted molar refractivity (Wildman–Crippen MR) is 92.0 cm³/mol. The number of carbonyl (C=O) groups is 1. The van der Waals surface area contributed by atoms with E-state index < -0.39 is 0 Å². The van der Waals surface area contributed by atoms with Crippen LogP contribution >= 0.6 is 0 Å². The zero-order valence-electron chi connectivity index (χ0n) is 15.3. The summed E-state index contributed by atoms with van der Waals surface area (Å²) in [6.45, 7) is 12.3. The van der Waals surface area contributed by atoms with E-state index in [-0.39, 0.29) is 24.3 Å². The molecule has 4 nitrogen and oxygen atoms in total. The van der Waals surface area contributed by atoms with Gasteiger partial charge in [-0.2, -0.15) is 0 Å². The molecule has 1 fully saturated rings. The van der Waals surface area contributed by atoms with Gasteiger partial charge in [-0.25, -0.2) is 0 Å². The molecule has 1 aliphatic heterocycles. The van der Waals surface area contributed by atoms with E-state index in [0.29, 0.717) is 6.42 Å². The second kappa shape index (κ2) is 6.29. The average Bonchev–Trinajstić information content (AvgIpc) is 2.69. The van der Waals surface area contributed by atoms with Crippen LogP contribution in [0.25, 0.3) is 0 Å². The maximum absolute atomic E-state index is 11.6. The molecule has 0 radical (unpaired) electrons. The molecule has 0 N–H and O–H groups in total. The van der Waals surface area contributed by atoms with Gasteiger partial charge in [-0.3, -0.25) is 4.79 Å². The SMILES string of the molecule is CCc1cc(B2OC(C)(C)C(C)(C)O2)cc(C)c1CC(=O)OC. The minimum atomic E-state index is -0.379. The zero-order valence-corrected chi connectivity index (χ0v) is 15.3. The predicted octanol–water partition coefficient (Wildman–Crippen LogP) is 2.57. The Bertz CT molecular complexity index is 591. The summed E-state index contributed by atoms with van der Waals surface area (Å²) in [6.07, 6.45) is 1.15. The summed E-state index contributed by atoms with van der Waals surface area (Å²) in [5.74, 6) is -0.216. The van der Waals surface area contributed by atoms with Gasteiger partial charge in [-0.1, -0.05) is 19.1 Å². The summed E-state index contributed by atoms with van der Waals surface area (Å²) < 4.78 is 17.1. The highest BCUT2D eigenvalue weighted by Gasteiger charge is 2.51. The molecule has 0 spiro atoms. The number of rotatable bonds is 4. The van der Waals surface area contributed by atoms with Crippen LogP contribution in [-0.4, -0.2) is 31.4 Å². The summed E-state index contributed by atoms with van der Waals surface area (Å²) in [5, 5.41) is 0. The van der Waals surface area contributed by atoms with Crippen LogP contribution in [-0.2, 0) is 31.7 Å². The molecule has 0 saturated carbocycles.